The van der Waals surface area contributed by atoms with Crippen molar-refractivity contribution < 1.29 is 9.59 Å². The maximum atomic E-state index is 12.7. The van der Waals surface area contributed by atoms with Crippen LogP contribution in [0, 0.1) is 13.8 Å². The highest BCUT2D eigenvalue weighted by molar-refractivity contribution is 5.98. The van der Waals surface area contributed by atoms with Crippen molar-refractivity contribution in [2.24, 2.45) is 0 Å². The molecule has 0 saturated heterocycles. The molecule has 0 saturated carbocycles. The number of anilines is 1. The Kier molecular flexibility index (Phi) is 5.89. The molecule has 0 aliphatic carbocycles. The van der Waals surface area contributed by atoms with Crippen molar-refractivity contribution in [3.63, 3.8) is 0 Å². The molecule has 0 unspecified atom stereocenters. The molecule has 0 bridgehead atoms. The van der Waals surface area contributed by atoms with Crippen molar-refractivity contribution in [3.05, 3.63) is 82.2 Å². The molecule has 160 valence electrons. The van der Waals surface area contributed by atoms with Crippen LogP contribution in [0.4, 0.5) is 5.69 Å². The molecule has 6 heteroatoms. The van der Waals surface area contributed by atoms with E-state index in [-0.39, 0.29) is 11.8 Å². The third kappa shape index (κ3) is 4.53. The van der Waals surface area contributed by atoms with Crippen molar-refractivity contribution in [1.29, 1.82) is 0 Å². The van der Waals surface area contributed by atoms with Crippen LogP contribution in [-0.4, -0.2) is 28.1 Å². The van der Waals surface area contributed by atoms with Crippen molar-refractivity contribution >= 4 is 17.5 Å². The van der Waals surface area contributed by atoms with Gasteiger partial charge in [0.1, 0.15) is 0 Å². The summed E-state index contributed by atoms with van der Waals surface area (Å²) in [7, 11) is 0. The lowest BCUT2D eigenvalue weighted by Crippen LogP contribution is -2.27. The summed E-state index contributed by atoms with van der Waals surface area (Å²) in [5.74, 6) is 0.0170. The highest BCUT2D eigenvalue weighted by Gasteiger charge is 2.24. The molecule has 2 aromatic carbocycles. The Bertz CT molecular complexity index is 1130. The molecular formula is C25H28N4O2. The molecule has 31 heavy (non-hydrogen) atoms. The molecule has 1 aliphatic heterocycles. The smallest absolute Gasteiger partial charge is 0.251 e. The van der Waals surface area contributed by atoms with E-state index < -0.39 is 0 Å². The van der Waals surface area contributed by atoms with Crippen LogP contribution in [-0.2, 0) is 24.3 Å². The molecule has 4 rings (SSSR count). The SMILES string of the molecule is CCC(=O)N1CCc2cc(C(=O)NCc3cccc(Cn4nc(C)cc4C)c3)ccc21. The highest BCUT2D eigenvalue weighted by Crippen LogP contribution is 2.29. The molecule has 2 heterocycles. The van der Waals surface area contributed by atoms with E-state index in [2.05, 4.69) is 35.5 Å². The van der Waals surface area contributed by atoms with Gasteiger partial charge >= 0.3 is 0 Å². The van der Waals surface area contributed by atoms with Crippen molar-refractivity contribution in [1.82, 2.24) is 15.1 Å². The third-order valence-corrected chi connectivity index (χ3v) is 5.72. The Morgan fingerprint density at radius 2 is 1.87 bits per heavy atom. The second-order valence-corrected chi connectivity index (χ2v) is 8.08. The van der Waals surface area contributed by atoms with Crippen LogP contribution in [0.1, 0.15) is 51.8 Å². The predicted octanol–water partition coefficient (Wildman–Crippen LogP) is 3.78. The topological polar surface area (TPSA) is 67.2 Å². The summed E-state index contributed by atoms with van der Waals surface area (Å²) in [6.45, 7) is 7.77. The molecule has 2 amide bonds. The zero-order chi connectivity index (χ0) is 22.0. The van der Waals surface area contributed by atoms with Crippen LogP contribution >= 0.6 is 0 Å². The number of fused-ring (bicyclic) bond motifs is 1. The summed E-state index contributed by atoms with van der Waals surface area (Å²) >= 11 is 0. The average Bonchev–Trinajstić information content (AvgIpc) is 3.33. The van der Waals surface area contributed by atoms with Gasteiger partial charge in [0, 0.05) is 36.5 Å². The van der Waals surface area contributed by atoms with Crippen molar-refractivity contribution in [2.75, 3.05) is 11.4 Å². The number of aromatic nitrogens is 2. The largest absolute Gasteiger partial charge is 0.348 e. The monoisotopic (exact) mass is 416 g/mol. The Labute approximate surface area is 182 Å². The van der Waals surface area contributed by atoms with Gasteiger partial charge in [0.2, 0.25) is 5.91 Å². The zero-order valence-electron chi connectivity index (χ0n) is 18.3. The summed E-state index contributed by atoms with van der Waals surface area (Å²) in [6.07, 6.45) is 1.27. The molecule has 0 fully saturated rings. The molecule has 0 radical (unpaired) electrons. The number of nitrogens with zero attached hydrogens (tertiary/aromatic N) is 3. The first-order valence-corrected chi connectivity index (χ1v) is 10.7. The fraction of sp³-hybridized carbons (Fsp3) is 0.320. The lowest BCUT2D eigenvalue weighted by atomic mass is 10.1. The standard InChI is InChI=1S/C25H28N4O2/c1-4-24(30)28-11-10-21-14-22(8-9-23(21)28)25(31)26-15-19-6-5-7-20(13-19)16-29-18(3)12-17(2)27-29/h5-9,12-14H,4,10-11,15-16H2,1-3H3,(H,26,31). The van der Waals surface area contributed by atoms with Crippen LogP contribution in [0.15, 0.2) is 48.5 Å². The number of carbonyl (C=O) groups is 2. The van der Waals surface area contributed by atoms with Gasteiger partial charge in [-0.2, -0.15) is 5.10 Å². The number of nitrogens with one attached hydrogen (secondary N) is 1. The molecule has 0 atom stereocenters. The molecule has 1 N–H and O–H groups in total. The fourth-order valence-electron chi connectivity index (χ4n) is 4.12. The Morgan fingerprint density at radius 1 is 1.06 bits per heavy atom. The van der Waals surface area contributed by atoms with Gasteiger partial charge in [-0.1, -0.05) is 31.2 Å². The summed E-state index contributed by atoms with van der Waals surface area (Å²) < 4.78 is 1.99. The van der Waals surface area contributed by atoms with Crippen LogP contribution in [0.25, 0.3) is 0 Å². The van der Waals surface area contributed by atoms with E-state index in [1.165, 1.54) is 0 Å². The minimum atomic E-state index is -0.105. The molecule has 6 nitrogen and oxygen atoms in total. The van der Waals surface area contributed by atoms with Gasteiger partial charge in [0.15, 0.2) is 0 Å². The normalized spacial score (nSPS) is 12.7. The first-order valence-electron chi connectivity index (χ1n) is 10.7. The molecule has 1 aliphatic rings. The summed E-state index contributed by atoms with van der Waals surface area (Å²) in [5, 5.41) is 7.54. The van der Waals surface area contributed by atoms with E-state index in [1.54, 1.807) is 6.07 Å². The van der Waals surface area contributed by atoms with Gasteiger partial charge in [-0.05, 0) is 61.2 Å². The van der Waals surface area contributed by atoms with E-state index in [9.17, 15) is 9.59 Å². The number of benzene rings is 2. The molecular weight excluding hydrogens is 388 g/mol. The maximum absolute atomic E-state index is 12.7. The van der Waals surface area contributed by atoms with Gasteiger partial charge in [0.25, 0.3) is 5.91 Å². The minimum Gasteiger partial charge on any atom is -0.348 e. The number of hydrogen-bond donors (Lipinski definition) is 1. The second-order valence-electron chi connectivity index (χ2n) is 8.08. The lowest BCUT2D eigenvalue weighted by Gasteiger charge is -2.16. The van der Waals surface area contributed by atoms with Crippen LogP contribution in [0.2, 0.25) is 0 Å². The lowest BCUT2D eigenvalue weighted by molar-refractivity contribution is -0.118. The van der Waals surface area contributed by atoms with E-state index in [4.69, 9.17) is 0 Å². The zero-order valence-corrected chi connectivity index (χ0v) is 18.3. The van der Waals surface area contributed by atoms with E-state index in [0.717, 1.165) is 40.2 Å². The van der Waals surface area contributed by atoms with Gasteiger partial charge in [-0.15, -0.1) is 0 Å². The number of carbonyl (C=O) groups excluding carboxylic acids is 2. The fourth-order valence-corrected chi connectivity index (χ4v) is 4.12. The van der Waals surface area contributed by atoms with E-state index in [1.807, 2.05) is 47.7 Å². The van der Waals surface area contributed by atoms with Crippen LogP contribution in [0.3, 0.4) is 0 Å². The van der Waals surface area contributed by atoms with Gasteiger partial charge in [-0.3, -0.25) is 14.3 Å². The van der Waals surface area contributed by atoms with Crippen LogP contribution < -0.4 is 10.2 Å². The Hall–Kier alpha value is -3.41. The number of amides is 2. The van der Waals surface area contributed by atoms with E-state index >= 15 is 0 Å². The van der Waals surface area contributed by atoms with E-state index in [0.29, 0.717) is 31.6 Å². The number of rotatable bonds is 6. The summed E-state index contributed by atoms with van der Waals surface area (Å²) in [6, 6.07) is 15.9. The Morgan fingerprint density at radius 3 is 2.61 bits per heavy atom. The summed E-state index contributed by atoms with van der Waals surface area (Å²) in [4.78, 5) is 26.6. The molecule has 0 spiro atoms. The highest BCUT2D eigenvalue weighted by atomic mass is 16.2. The first-order chi connectivity index (χ1) is 14.9. The van der Waals surface area contributed by atoms with Gasteiger partial charge in [-0.25, -0.2) is 0 Å². The first kappa shape index (κ1) is 20.8. The second kappa shape index (κ2) is 8.76. The van der Waals surface area contributed by atoms with Crippen molar-refractivity contribution in [3.8, 4) is 0 Å². The average molecular weight is 417 g/mol. The maximum Gasteiger partial charge on any atom is 0.251 e. The van der Waals surface area contributed by atoms with Gasteiger partial charge < -0.3 is 10.2 Å². The predicted molar refractivity (Wildman–Crippen MR) is 121 cm³/mol. The molecule has 1 aromatic heterocycles. The van der Waals surface area contributed by atoms with Gasteiger partial charge in [0.05, 0.1) is 12.2 Å². The quantitative estimate of drug-likeness (QED) is 0.665. The minimum absolute atomic E-state index is 0.105. The third-order valence-electron chi connectivity index (χ3n) is 5.72. The number of aryl methyl sites for hydroxylation is 2. The Balaban J connectivity index is 1.40. The molecule has 3 aromatic rings. The van der Waals surface area contributed by atoms with Crippen molar-refractivity contribution in [2.45, 2.75) is 46.7 Å². The number of hydrogen-bond acceptors (Lipinski definition) is 3. The summed E-state index contributed by atoms with van der Waals surface area (Å²) in [5.41, 5.74) is 6.96. The van der Waals surface area contributed by atoms with Crippen LogP contribution in [0.5, 0.6) is 0 Å².